The summed E-state index contributed by atoms with van der Waals surface area (Å²) in [6, 6.07) is 2.29. The number of ketones is 1. The molecule has 26 heavy (non-hydrogen) atoms. The maximum Gasteiger partial charge on any atom is 0.156 e. The quantitative estimate of drug-likeness (QED) is 0.806. The average Bonchev–Trinajstić information content (AvgIpc) is 2.90. The van der Waals surface area contributed by atoms with E-state index < -0.39 is 5.60 Å². The number of nitriles is 1. The van der Waals surface area contributed by atoms with Gasteiger partial charge in [0.05, 0.1) is 18.1 Å². The Morgan fingerprint density at radius 1 is 1.31 bits per heavy atom. The molecule has 4 rings (SSSR count). The topological polar surface area (TPSA) is 61.1 Å². The molecule has 0 aromatic carbocycles. The molecule has 0 saturated heterocycles. The van der Waals surface area contributed by atoms with E-state index in [0.29, 0.717) is 18.3 Å². The summed E-state index contributed by atoms with van der Waals surface area (Å²) in [5.41, 5.74) is 2.86. The highest BCUT2D eigenvalue weighted by atomic mass is 16.3. The van der Waals surface area contributed by atoms with Gasteiger partial charge < -0.3 is 5.11 Å². The van der Waals surface area contributed by atoms with Crippen LogP contribution < -0.4 is 0 Å². The lowest BCUT2D eigenvalue weighted by atomic mass is 9.55. The number of hydrogen-bond acceptors (Lipinski definition) is 3. The Balaban J connectivity index is 1.84. The number of carbonyl (C=O) groups excluding carboxylic acids is 1. The van der Waals surface area contributed by atoms with Crippen LogP contribution in [0.5, 0.6) is 0 Å². The van der Waals surface area contributed by atoms with Crippen LogP contribution in [0.3, 0.4) is 0 Å². The van der Waals surface area contributed by atoms with E-state index in [1.165, 1.54) is 16.7 Å². The second-order valence-electron chi connectivity index (χ2n) is 8.65. The third-order valence-electron chi connectivity index (χ3n) is 7.97. The molecule has 0 radical (unpaired) electrons. The summed E-state index contributed by atoms with van der Waals surface area (Å²) >= 11 is 0. The lowest BCUT2D eigenvalue weighted by Crippen LogP contribution is -2.51. The summed E-state index contributed by atoms with van der Waals surface area (Å²) in [5, 5.41) is 21.1. The minimum atomic E-state index is -0.915. The molecule has 0 heterocycles. The third kappa shape index (κ3) is 2.18. The molecule has 0 aliphatic heterocycles. The van der Waals surface area contributed by atoms with Gasteiger partial charge in [-0.2, -0.15) is 5.26 Å². The fraction of sp³-hybridized carbons (Fsp3) is 0.652. The molecule has 0 amide bonds. The molecule has 5 atom stereocenters. The molecular weight excluding hydrogens is 322 g/mol. The Morgan fingerprint density at radius 2 is 2.12 bits per heavy atom. The Morgan fingerprint density at radius 3 is 2.81 bits per heavy atom. The van der Waals surface area contributed by atoms with Crippen molar-refractivity contribution >= 4 is 5.78 Å². The highest BCUT2D eigenvalue weighted by Gasteiger charge is 2.64. The first kappa shape index (κ1) is 17.7. The second kappa shape index (κ2) is 6.20. The number of allylic oxidation sites excluding steroid dienone is 5. The van der Waals surface area contributed by atoms with Gasteiger partial charge in [0.15, 0.2) is 5.78 Å². The normalized spacial score (nSPS) is 41.2. The molecule has 0 aromatic rings. The van der Waals surface area contributed by atoms with E-state index in [0.717, 1.165) is 38.5 Å². The van der Waals surface area contributed by atoms with Crippen molar-refractivity contribution in [1.82, 2.24) is 0 Å². The molecule has 138 valence electrons. The molecule has 0 bridgehead atoms. The molecule has 3 heteroatoms. The van der Waals surface area contributed by atoms with Crippen molar-refractivity contribution in [2.75, 3.05) is 0 Å². The summed E-state index contributed by atoms with van der Waals surface area (Å²) in [7, 11) is 0. The highest BCUT2D eigenvalue weighted by molar-refractivity contribution is 5.93. The fourth-order valence-electron chi connectivity index (χ4n) is 6.71. The van der Waals surface area contributed by atoms with E-state index in [9.17, 15) is 15.2 Å². The van der Waals surface area contributed by atoms with Gasteiger partial charge in [0.25, 0.3) is 0 Å². The first-order valence-electron chi connectivity index (χ1n) is 10.3. The maximum absolute atomic E-state index is 11.8. The molecule has 1 fully saturated rings. The Hall–Kier alpha value is -1.66. The number of fused-ring (bicyclic) bond motifs is 4. The minimum absolute atomic E-state index is 0.186. The molecule has 4 aliphatic rings. The van der Waals surface area contributed by atoms with Gasteiger partial charge in [0.2, 0.25) is 0 Å². The largest absolute Gasteiger partial charge is 0.388 e. The first-order chi connectivity index (χ1) is 12.5. The number of hydrogen-bond donors (Lipinski definition) is 1. The Labute approximate surface area is 156 Å². The van der Waals surface area contributed by atoms with Crippen LogP contribution in [0.1, 0.15) is 65.2 Å². The lowest BCUT2D eigenvalue weighted by Gasteiger charge is -2.50. The van der Waals surface area contributed by atoms with Crippen LogP contribution in [0.25, 0.3) is 0 Å². The predicted molar refractivity (Wildman–Crippen MR) is 101 cm³/mol. The van der Waals surface area contributed by atoms with E-state index in [4.69, 9.17) is 0 Å². The minimum Gasteiger partial charge on any atom is -0.388 e. The molecule has 0 aromatic heterocycles. The van der Waals surface area contributed by atoms with Crippen molar-refractivity contribution in [2.24, 2.45) is 23.2 Å². The SMILES string of the molecule is CCC1C[C@H]2[C@@H]3CCC4=CC(=O)CCC4=C3C=C[C@]2(CC)[C@]1(O)CC#N. The summed E-state index contributed by atoms with van der Waals surface area (Å²) in [5.74, 6) is 1.32. The van der Waals surface area contributed by atoms with Crippen LogP contribution in [0, 0.1) is 34.5 Å². The molecule has 4 aliphatic carbocycles. The maximum atomic E-state index is 11.8. The van der Waals surface area contributed by atoms with Crippen LogP contribution >= 0.6 is 0 Å². The van der Waals surface area contributed by atoms with Gasteiger partial charge in [-0.3, -0.25) is 4.79 Å². The lowest BCUT2D eigenvalue weighted by molar-refractivity contribution is -0.114. The van der Waals surface area contributed by atoms with Crippen LogP contribution in [0.4, 0.5) is 0 Å². The average molecular weight is 351 g/mol. The fourth-order valence-corrected chi connectivity index (χ4v) is 6.71. The monoisotopic (exact) mass is 351 g/mol. The van der Waals surface area contributed by atoms with E-state index in [2.05, 4.69) is 32.1 Å². The van der Waals surface area contributed by atoms with Crippen molar-refractivity contribution in [2.45, 2.75) is 70.8 Å². The molecule has 3 nitrogen and oxygen atoms in total. The zero-order chi connectivity index (χ0) is 18.5. The standard InChI is InChI=1S/C23H29NO2/c1-3-16-14-21-20-7-5-15-13-17(25)6-8-18(15)19(20)9-10-22(21,4-2)23(16,26)11-12-24/h9-10,13,16,20-21,26H,3-8,11,14H2,1-2H3/t16?,20-,21+,22+,23+/m1/s1. The van der Waals surface area contributed by atoms with Gasteiger partial charge in [-0.15, -0.1) is 0 Å². The Kier molecular flexibility index (Phi) is 4.23. The van der Waals surface area contributed by atoms with Gasteiger partial charge in [-0.25, -0.2) is 0 Å². The van der Waals surface area contributed by atoms with Crippen molar-refractivity contribution in [3.63, 3.8) is 0 Å². The van der Waals surface area contributed by atoms with Crippen LogP contribution in [0.2, 0.25) is 0 Å². The number of aliphatic hydroxyl groups is 1. The Bertz CT molecular complexity index is 768. The smallest absolute Gasteiger partial charge is 0.156 e. The second-order valence-corrected chi connectivity index (χ2v) is 8.65. The zero-order valence-electron chi connectivity index (χ0n) is 15.9. The van der Waals surface area contributed by atoms with E-state index in [1.54, 1.807) is 0 Å². The summed E-state index contributed by atoms with van der Waals surface area (Å²) < 4.78 is 0. The van der Waals surface area contributed by atoms with Gasteiger partial charge in [0, 0.05) is 11.8 Å². The summed E-state index contributed by atoms with van der Waals surface area (Å²) in [6.45, 7) is 4.31. The van der Waals surface area contributed by atoms with Crippen molar-refractivity contribution < 1.29 is 9.90 Å². The predicted octanol–water partition coefficient (Wildman–Crippen LogP) is 4.64. The van der Waals surface area contributed by atoms with Crippen molar-refractivity contribution in [3.05, 3.63) is 34.9 Å². The highest BCUT2D eigenvalue weighted by Crippen LogP contribution is 2.65. The summed E-state index contributed by atoms with van der Waals surface area (Å²) in [4.78, 5) is 11.8. The molecule has 1 N–H and O–H groups in total. The van der Waals surface area contributed by atoms with Crippen LogP contribution in [-0.2, 0) is 4.79 Å². The number of rotatable bonds is 3. The van der Waals surface area contributed by atoms with E-state index in [-0.39, 0.29) is 23.5 Å². The van der Waals surface area contributed by atoms with Crippen LogP contribution in [-0.4, -0.2) is 16.5 Å². The van der Waals surface area contributed by atoms with Crippen molar-refractivity contribution in [3.8, 4) is 6.07 Å². The van der Waals surface area contributed by atoms with E-state index in [1.807, 2.05) is 6.08 Å². The zero-order valence-corrected chi connectivity index (χ0v) is 15.9. The van der Waals surface area contributed by atoms with Crippen LogP contribution in [0.15, 0.2) is 34.9 Å². The summed E-state index contributed by atoms with van der Waals surface area (Å²) in [6.07, 6.45) is 12.9. The molecule has 1 saturated carbocycles. The third-order valence-corrected chi connectivity index (χ3v) is 7.97. The first-order valence-corrected chi connectivity index (χ1v) is 10.3. The molecule has 0 spiro atoms. The van der Waals surface area contributed by atoms with Gasteiger partial charge in [0.1, 0.15) is 0 Å². The van der Waals surface area contributed by atoms with E-state index >= 15 is 0 Å². The number of carbonyl (C=O) groups is 1. The van der Waals surface area contributed by atoms with Gasteiger partial charge in [-0.05, 0) is 72.7 Å². The van der Waals surface area contributed by atoms with Gasteiger partial charge >= 0.3 is 0 Å². The number of nitrogens with zero attached hydrogens (tertiary/aromatic N) is 1. The van der Waals surface area contributed by atoms with Gasteiger partial charge in [-0.1, -0.05) is 32.4 Å². The van der Waals surface area contributed by atoms with Crippen molar-refractivity contribution in [1.29, 1.82) is 5.26 Å². The molecule has 1 unspecified atom stereocenters. The molecular formula is C23H29NO2.